The van der Waals surface area contributed by atoms with E-state index in [1.807, 2.05) is 62.4 Å². The molecule has 0 aliphatic rings. The maximum absolute atomic E-state index is 13.8. The second-order valence-electron chi connectivity index (χ2n) is 15.0. The highest BCUT2D eigenvalue weighted by molar-refractivity contribution is 7.93. The molecule has 0 saturated heterocycles. The molecule has 0 radical (unpaired) electrons. The van der Waals surface area contributed by atoms with Gasteiger partial charge in [0, 0.05) is 35.9 Å². The van der Waals surface area contributed by atoms with Gasteiger partial charge in [0.1, 0.15) is 42.3 Å². The molecule has 0 bridgehead atoms. The largest absolute Gasteiger partial charge is 0.573 e. The number of hydrogen-bond acceptors (Lipinski definition) is 11. The van der Waals surface area contributed by atoms with E-state index < -0.39 is 32.8 Å². The number of hydrogen-bond donors (Lipinski definition) is 0. The zero-order chi connectivity index (χ0) is 49.2. The SMILES string of the molecule is Cc1c(N(Cc2ccc(OC(F)(F)F)cc2)S(=O)(=O)c2ccc(Cl)nc2)sc2ccccc12.Cc1c(N(Cc2ccc(OC(F)(F)F)cc2)S(=O)(=O)c2ccc(N(C)C)nc2)sc2ccccc12. The molecule has 0 fully saturated rings. The molecule has 0 spiro atoms. The van der Waals surface area contributed by atoms with E-state index in [0.717, 1.165) is 43.4 Å². The Kier molecular flexibility index (Phi) is 14.5. The van der Waals surface area contributed by atoms with Gasteiger partial charge in [-0.25, -0.2) is 26.8 Å². The van der Waals surface area contributed by atoms with Gasteiger partial charge in [-0.15, -0.1) is 49.0 Å². The number of nitrogens with zero attached hydrogens (tertiary/aromatic N) is 5. The minimum atomic E-state index is -4.81. The maximum Gasteiger partial charge on any atom is 0.573 e. The molecule has 8 aromatic rings. The Morgan fingerprint density at radius 1 is 0.559 bits per heavy atom. The first kappa shape index (κ1) is 49.8. The molecule has 0 N–H and O–H groups in total. The Morgan fingerprint density at radius 2 is 0.956 bits per heavy atom. The minimum Gasteiger partial charge on any atom is -0.406 e. The van der Waals surface area contributed by atoms with E-state index in [1.54, 1.807) is 25.1 Å². The molecule has 0 aliphatic carbocycles. The summed E-state index contributed by atoms with van der Waals surface area (Å²) < 4.78 is 142. The first-order chi connectivity index (χ1) is 32.0. The van der Waals surface area contributed by atoms with Gasteiger partial charge in [0.05, 0.1) is 13.1 Å². The summed E-state index contributed by atoms with van der Waals surface area (Å²) in [5, 5.41) is 3.03. The number of pyridine rings is 2. The van der Waals surface area contributed by atoms with E-state index in [4.69, 9.17) is 11.6 Å². The predicted octanol–water partition coefficient (Wildman–Crippen LogP) is 12.5. The summed E-state index contributed by atoms with van der Waals surface area (Å²) in [6.07, 6.45) is -7.14. The van der Waals surface area contributed by atoms with Crippen LogP contribution in [0.15, 0.2) is 144 Å². The molecule has 4 heterocycles. The highest BCUT2D eigenvalue weighted by Crippen LogP contribution is 2.42. The second-order valence-corrected chi connectivity index (χ2v) is 21.2. The van der Waals surface area contributed by atoms with Crippen LogP contribution in [-0.2, 0) is 33.1 Å². The average Bonchev–Trinajstić information content (AvgIpc) is 3.80. The number of aromatic nitrogens is 2. The average molecular weight is 1030 g/mol. The summed E-state index contributed by atoms with van der Waals surface area (Å²) in [5.74, 6) is -0.161. The first-order valence-electron chi connectivity index (χ1n) is 20.0. The van der Waals surface area contributed by atoms with Crippen LogP contribution in [0.3, 0.4) is 0 Å². The van der Waals surface area contributed by atoms with Crippen molar-refractivity contribution in [3.63, 3.8) is 0 Å². The molecular formula is C46H38ClF6N5O6S4. The van der Waals surface area contributed by atoms with E-state index in [0.29, 0.717) is 26.9 Å². The monoisotopic (exact) mass is 1030 g/mol. The fourth-order valence-corrected chi connectivity index (χ4v) is 12.7. The van der Waals surface area contributed by atoms with Crippen LogP contribution < -0.4 is 23.0 Å². The zero-order valence-corrected chi connectivity index (χ0v) is 40.1. The van der Waals surface area contributed by atoms with Gasteiger partial charge in [-0.1, -0.05) is 72.3 Å². The number of halogens is 7. The molecule has 4 aromatic heterocycles. The lowest BCUT2D eigenvalue weighted by Gasteiger charge is -2.24. The summed E-state index contributed by atoms with van der Waals surface area (Å²) in [4.78, 5) is 9.83. The van der Waals surface area contributed by atoms with Crippen molar-refractivity contribution in [2.75, 3.05) is 27.6 Å². The normalized spacial score (nSPS) is 12.1. The molecule has 0 unspecified atom stereocenters. The Hall–Kier alpha value is -6.13. The van der Waals surface area contributed by atoms with Crippen molar-refractivity contribution in [2.45, 2.75) is 49.5 Å². The fourth-order valence-electron chi connectivity index (χ4n) is 6.81. The van der Waals surface area contributed by atoms with Gasteiger partial charge in [0.2, 0.25) is 0 Å². The number of ether oxygens (including phenoxy) is 2. The van der Waals surface area contributed by atoms with Crippen molar-refractivity contribution in [3.8, 4) is 11.5 Å². The third kappa shape index (κ3) is 11.6. The van der Waals surface area contributed by atoms with Crippen molar-refractivity contribution < 1.29 is 52.7 Å². The lowest BCUT2D eigenvalue weighted by Crippen LogP contribution is -2.30. The molecule has 0 amide bonds. The fraction of sp³-hybridized carbons (Fsp3) is 0.174. The van der Waals surface area contributed by atoms with Crippen LogP contribution in [0.1, 0.15) is 22.3 Å². The summed E-state index contributed by atoms with van der Waals surface area (Å²) in [7, 11) is -4.52. The minimum absolute atomic E-state index is 0.0111. The lowest BCUT2D eigenvalue weighted by molar-refractivity contribution is -0.275. The van der Waals surface area contributed by atoms with E-state index in [2.05, 4.69) is 19.4 Å². The van der Waals surface area contributed by atoms with Crippen molar-refractivity contribution >= 4 is 90.3 Å². The number of alkyl halides is 6. The Bertz CT molecular complexity index is 3260. The van der Waals surface area contributed by atoms with Gasteiger partial charge >= 0.3 is 12.7 Å². The van der Waals surface area contributed by atoms with Gasteiger partial charge in [-0.2, -0.15) is 0 Å². The Labute approximate surface area is 400 Å². The number of anilines is 3. The molecule has 0 saturated carbocycles. The van der Waals surface area contributed by atoms with Crippen LogP contribution in [0.25, 0.3) is 20.2 Å². The van der Waals surface area contributed by atoms with Crippen LogP contribution in [0.4, 0.5) is 42.2 Å². The van der Waals surface area contributed by atoms with Crippen LogP contribution in [0.2, 0.25) is 5.15 Å². The summed E-state index contributed by atoms with van der Waals surface area (Å²) in [5.41, 5.74) is 2.55. The second kappa shape index (κ2) is 19.8. The van der Waals surface area contributed by atoms with Gasteiger partial charge in [-0.3, -0.25) is 8.61 Å². The summed E-state index contributed by atoms with van der Waals surface area (Å²) in [6, 6.07) is 31.2. The number of benzene rings is 4. The molecule has 356 valence electrons. The smallest absolute Gasteiger partial charge is 0.406 e. The zero-order valence-electron chi connectivity index (χ0n) is 36.1. The topological polar surface area (TPSA) is 122 Å². The van der Waals surface area contributed by atoms with E-state index in [9.17, 15) is 43.2 Å². The highest BCUT2D eigenvalue weighted by atomic mass is 35.5. The summed E-state index contributed by atoms with van der Waals surface area (Å²) >= 11 is 8.47. The van der Waals surface area contributed by atoms with E-state index in [1.165, 1.54) is 98.3 Å². The van der Waals surface area contributed by atoms with Gasteiger partial charge in [0.15, 0.2) is 0 Å². The van der Waals surface area contributed by atoms with E-state index >= 15 is 0 Å². The molecule has 68 heavy (non-hydrogen) atoms. The highest BCUT2D eigenvalue weighted by Gasteiger charge is 2.34. The van der Waals surface area contributed by atoms with Crippen LogP contribution >= 0.6 is 34.3 Å². The van der Waals surface area contributed by atoms with Crippen molar-refractivity contribution in [3.05, 3.63) is 161 Å². The van der Waals surface area contributed by atoms with Crippen molar-refractivity contribution in [2.24, 2.45) is 0 Å². The maximum atomic E-state index is 13.8. The first-order valence-corrected chi connectivity index (χ1v) is 24.9. The molecule has 22 heteroatoms. The summed E-state index contributed by atoms with van der Waals surface area (Å²) in [6.45, 7) is 3.49. The standard InChI is InChI=1S/C24H22F3N3O3S2.C22H16ClF3N2O3S2/c1-16-20-6-4-5-7-21(20)34-23(16)30(15-17-8-10-18(11-9-17)33-24(25,26)27)35(31,32)19-12-13-22(28-14-19)29(2)3;1-14-18-4-2-3-5-19(18)32-21(14)28(33(29,30)17-10-11-20(23)27-12-17)13-15-6-8-16(9-7-15)31-22(24,25)26/h4-14H,15H2,1-3H3;2-12H,13H2,1H3. The number of thiophene rings is 2. The molecule has 8 rings (SSSR count). The quantitative estimate of drug-likeness (QED) is 0.0820. The van der Waals surface area contributed by atoms with Crippen LogP contribution in [-0.4, -0.2) is 53.6 Å². The van der Waals surface area contributed by atoms with Gasteiger partial charge in [0.25, 0.3) is 20.0 Å². The van der Waals surface area contributed by atoms with Crippen LogP contribution in [0.5, 0.6) is 11.5 Å². The number of aryl methyl sites for hydroxylation is 2. The van der Waals surface area contributed by atoms with E-state index in [-0.39, 0.29) is 39.5 Å². The van der Waals surface area contributed by atoms with Gasteiger partial charge in [-0.05, 0) is 108 Å². The number of sulfonamides is 2. The Balaban J connectivity index is 0.000000202. The van der Waals surface area contributed by atoms with Crippen molar-refractivity contribution in [1.82, 2.24) is 9.97 Å². The third-order valence-corrected chi connectivity index (χ3v) is 16.6. The molecule has 11 nitrogen and oxygen atoms in total. The predicted molar refractivity (Wildman–Crippen MR) is 254 cm³/mol. The van der Waals surface area contributed by atoms with Crippen LogP contribution in [0, 0.1) is 13.8 Å². The molecule has 0 atom stereocenters. The molecular weight excluding hydrogens is 996 g/mol. The molecule has 4 aromatic carbocycles. The third-order valence-electron chi connectivity index (χ3n) is 10.1. The number of fused-ring (bicyclic) bond motifs is 2. The Morgan fingerprint density at radius 3 is 1.29 bits per heavy atom. The number of rotatable bonds is 13. The van der Waals surface area contributed by atoms with Crippen molar-refractivity contribution in [1.29, 1.82) is 0 Å². The van der Waals surface area contributed by atoms with Gasteiger partial charge < -0.3 is 14.4 Å². The molecule has 0 aliphatic heterocycles. The lowest BCUT2D eigenvalue weighted by atomic mass is 10.2.